The molecule has 3 aromatic rings. The molecule has 0 saturated carbocycles. The molecule has 0 saturated heterocycles. The maximum absolute atomic E-state index is 8.77. The molecule has 27 heavy (non-hydrogen) atoms. The van der Waals surface area contributed by atoms with Crippen molar-refractivity contribution in [2.45, 2.75) is 6.42 Å². The molecule has 3 heterocycles. The smallest absolute Gasteiger partial charge is 0.226 e. The van der Waals surface area contributed by atoms with E-state index < -0.39 is 0 Å². The highest BCUT2D eigenvalue weighted by atomic mass is 16.5. The van der Waals surface area contributed by atoms with E-state index in [1.54, 1.807) is 18.3 Å². The van der Waals surface area contributed by atoms with Gasteiger partial charge < -0.3 is 20.5 Å². The number of aromatic nitrogens is 5. The van der Waals surface area contributed by atoms with Crippen LogP contribution in [0.5, 0.6) is 11.6 Å². The largest absolute Gasteiger partial charge is 0.493 e. The Bertz CT molecular complexity index is 933. The first kappa shape index (κ1) is 18.1. The number of nitrogens with zero attached hydrogens (tertiary/aromatic N) is 5. The highest BCUT2D eigenvalue weighted by Gasteiger charge is 2.17. The number of nitriles is 1. The van der Waals surface area contributed by atoms with Gasteiger partial charge in [-0.3, -0.25) is 5.10 Å². The topological polar surface area (TPSA) is 148 Å². The number of hydrogen-bond acceptors (Lipinski definition) is 9. The number of nitrogens with two attached hydrogens (primary N) is 1. The second-order valence-corrected chi connectivity index (χ2v) is 5.37. The summed E-state index contributed by atoms with van der Waals surface area (Å²) in [6, 6.07) is 5.45. The Morgan fingerprint density at radius 3 is 2.85 bits per heavy atom. The summed E-state index contributed by atoms with van der Waals surface area (Å²) >= 11 is 0. The maximum Gasteiger partial charge on any atom is 0.226 e. The average Bonchev–Trinajstić information content (AvgIpc) is 3.16. The third kappa shape index (κ3) is 4.28. The fraction of sp³-hybridized carbons (Fsp3) is 0.235. The zero-order valence-corrected chi connectivity index (χ0v) is 14.6. The van der Waals surface area contributed by atoms with Crippen LogP contribution in [0.25, 0.3) is 11.3 Å². The molecule has 0 aliphatic carbocycles. The summed E-state index contributed by atoms with van der Waals surface area (Å²) in [6.07, 6.45) is 5.18. The van der Waals surface area contributed by atoms with E-state index in [0.29, 0.717) is 47.7 Å². The van der Waals surface area contributed by atoms with Gasteiger partial charge in [0.2, 0.25) is 5.88 Å². The molecular formula is C17H18N8O2. The highest BCUT2D eigenvalue weighted by molar-refractivity contribution is 5.74. The number of hydrogen-bond donors (Lipinski definition) is 3. The minimum Gasteiger partial charge on any atom is -0.493 e. The summed E-state index contributed by atoms with van der Waals surface area (Å²) in [4.78, 5) is 12.3. The first-order chi connectivity index (χ1) is 13.2. The Morgan fingerprint density at radius 1 is 1.26 bits per heavy atom. The van der Waals surface area contributed by atoms with Crippen molar-refractivity contribution in [3.63, 3.8) is 0 Å². The van der Waals surface area contributed by atoms with Crippen LogP contribution in [0.15, 0.2) is 30.7 Å². The van der Waals surface area contributed by atoms with Gasteiger partial charge in [-0.25, -0.2) is 15.0 Å². The van der Waals surface area contributed by atoms with Gasteiger partial charge in [-0.15, -0.1) is 0 Å². The Morgan fingerprint density at radius 2 is 2.15 bits per heavy atom. The van der Waals surface area contributed by atoms with Gasteiger partial charge in [-0.2, -0.15) is 10.4 Å². The molecule has 0 amide bonds. The van der Waals surface area contributed by atoms with Gasteiger partial charge in [0.15, 0.2) is 11.5 Å². The van der Waals surface area contributed by atoms with Crippen molar-refractivity contribution in [1.29, 1.82) is 5.26 Å². The van der Waals surface area contributed by atoms with Crippen LogP contribution >= 0.6 is 0 Å². The molecule has 10 nitrogen and oxygen atoms in total. The molecule has 3 rings (SSSR count). The monoisotopic (exact) mass is 366 g/mol. The first-order valence-electron chi connectivity index (χ1n) is 8.16. The van der Waals surface area contributed by atoms with Crippen LogP contribution < -0.4 is 20.5 Å². The van der Waals surface area contributed by atoms with Gasteiger partial charge >= 0.3 is 0 Å². The molecule has 0 aliphatic rings. The Kier molecular flexibility index (Phi) is 5.76. The van der Waals surface area contributed by atoms with Crippen molar-refractivity contribution in [1.82, 2.24) is 25.1 Å². The van der Waals surface area contributed by atoms with Gasteiger partial charge in [-0.05, 0) is 19.0 Å². The van der Waals surface area contributed by atoms with E-state index in [4.69, 9.17) is 20.5 Å². The minimum atomic E-state index is 0.239. The quantitative estimate of drug-likeness (QED) is 0.506. The summed E-state index contributed by atoms with van der Waals surface area (Å²) in [5.41, 5.74) is 7.08. The Hall–Kier alpha value is -3.71. The molecule has 0 spiro atoms. The second kappa shape index (κ2) is 8.59. The lowest BCUT2D eigenvalue weighted by Gasteiger charge is -2.12. The lowest BCUT2D eigenvalue weighted by atomic mass is 10.2. The molecule has 0 unspecified atom stereocenters. The van der Waals surface area contributed by atoms with Gasteiger partial charge in [0.25, 0.3) is 0 Å². The van der Waals surface area contributed by atoms with E-state index in [1.807, 2.05) is 6.07 Å². The number of pyridine rings is 1. The number of aromatic amines is 1. The lowest BCUT2D eigenvalue weighted by molar-refractivity contribution is 0.311. The summed E-state index contributed by atoms with van der Waals surface area (Å²) in [5, 5.41) is 18.9. The van der Waals surface area contributed by atoms with Crippen LogP contribution in [-0.2, 0) is 0 Å². The maximum atomic E-state index is 8.77. The number of anilines is 2. The molecule has 0 atom stereocenters. The summed E-state index contributed by atoms with van der Waals surface area (Å²) in [7, 11) is 1.54. The number of ether oxygens (including phenoxy) is 2. The van der Waals surface area contributed by atoms with Crippen LogP contribution in [0, 0.1) is 11.3 Å². The first-order valence-corrected chi connectivity index (χ1v) is 8.16. The fourth-order valence-electron chi connectivity index (χ4n) is 2.31. The molecule has 0 bridgehead atoms. The molecule has 138 valence electrons. The molecule has 0 aliphatic heterocycles. The number of methoxy groups -OCH3 is 1. The molecule has 4 N–H and O–H groups in total. The minimum absolute atomic E-state index is 0.239. The predicted molar refractivity (Wildman–Crippen MR) is 97.6 cm³/mol. The lowest BCUT2D eigenvalue weighted by Crippen LogP contribution is -2.07. The number of H-pyrrole nitrogens is 1. The highest BCUT2D eigenvalue weighted by Crippen LogP contribution is 2.36. The molecular weight excluding hydrogens is 348 g/mol. The van der Waals surface area contributed by atoms with Gasteiger partial charge in [0.1, 0.15) is 23.2 Å². The van der Waals surface area contributed by atoms with Crippen molar-refractivity contribution < 1.29 is 9.47 Å². The van der Waals surface area contributed by atoms with E-state index >= 15 is 0 Å². The van der Waals surface area contributed by atoms with Crippen molar-refractivity contribution in [3.05, 3.63) is 36.4 Å². The van der Waals surface area contributed by atoms with Crippen LogP contribution in [0.2, 0.25) is 0 Å². The molecule has 3 aromatic heterocycles. The van der Waals surface area contributed by atoms with Crippen molar-refractivity contribution in [3.8, 4) is 29.0 Å². The number of nitrogens with one attached hydrogen (secondary N) is 2. The van der Waals surface area contributed by atoms with E-state index in [0.717, 1.165) is 6.42 Å². The van der Waals surface area contributed by atoms with E-state index in [2.05, 4.69) is 30.5 Å². The molecule has 10 heteroatoms. The second-order valence-electron chi connectivity index (χ2n) is 5.37. The summed E-state index contributed by atoms with van der Waals surface area (Å²) in [5.74, 6) is 2.00. The van der Waals surface area contributed by atoms with Gasteiger partial charge in [-0.1, -0.05) is 0 Å². The molecule has 0 radical (unpaired) electrons. The molecule has 0 fully saturated rings. The third-order valence-corrected chi connectivity index (χ3v) is 3.55. The Labute approximate surface area is 155 Å². The van der Waals surface area contributed by atoms with Gasteiger partial charge in [0.05, 0.1) is 31.8 Å². The van der Waals surface area contributed by atoms with Crippen LogP contribution in [0.1, 0.15) is 12.1 Å². The summed E-state index contributed by atoms with van der Waals surface area (Å²) in [6.45, 7) is 1.03. The van der Waals surface area contributed by atoms with Crippen molar-refractivity contribution in [2.75, 3.05) is 25.6 Å². The van der Waals surface area contributed by atoms with E-state index in [9.17, 15) is 0 Å². The zero-order chi connectivity index (χ0) is 19.1. The van der Waals surface area contributed by atoms with Crippen molar-refractivity contribution in [2.24, 2.45) is 5.73 Å². The van der Waals surface area contributed by atoms with Crippen LogP contribution in [0.3, 0.4) is 0 Å². The molecule has 0 aromatic carbocycles. The van der Waals surface area contributed by atoms with Crippen LogP contribution in [0.4, 0.5) is 11.6 Å². The van der Waals surface area contributed by atoms with Crippen LogP contribution in [-0.4, -0.2) is 45.4 Å². The Balaban J connectivity index is 1.85. The van der Waals surface area contributed by atoms with E-state index in [-0.39, 0.29) is 5.69 Å². The number of rotatable bonds is 8. The standard InChI is InChI=1S/C17H18N8O2/c1-26-17-16(13(3-5-20-17)27-6-2-4-18)12-7-14(25-24-12)23-15-10-21-11(8-19)9-22-15/h3,5,7,9-10H,2,4,6,18H2,1H3,(H2,22,23,24,25). The average molecular weight is 366 g/mol. The van der Waals surface area contributed by atoms with Crippen molar-refractivity contribution >= 4 is 11.6 Å². The summed E-state index contributed by atoms with van der Waals surface area (Å²) < 4.78 is 11.2. The SMILES string of the molecule is COc1nccc(OCCCN)c1-c1cc(Nc2cnc(C#N)cn2)n[nH]1. The normalized spacial score (nSPS) is 10.3. The fourth-order valence-corrected chi connectivity index (χ4v) is 2.31. The zero-order valence-electron chi connectivity index (χ0n) is 14.6. The predicted octanol–water partition coefficient (Wildman–Crippen LogP) is 1.61. The van der Waals surface area contributed by atoms with Gasteiger partial charge in [0, 0.05) is 12.3 Å². The third-order valence-electron chi connectivity index (χ3n) is 3.55. The van der Waals surface area contributed by atoms with E-state index in [1.165, 1.54) is 19.5 Å².